The van der Waals surface area contributed by atoms with Crippen LogP contribution in [0.25, 0.3) is 0 Å². The number of hydrogen-bond donors (Lipinski definition) is 1. The molecule has 0 radical (unpaired) electrons. The molecule has 1 saturated carbocycles. The summed E-state index contributed by atoms with van der Waals surface area (Å²) >= 11 is 6.40. The van der Waals surface area contributed by atoms with Crippen molar-refractivity contribution in [3.63, 3.8) is 0 Å². The van der Waals surface area contributed by atoms with Crippen molar-refractivity contribution in [1.29, 1.82) is 0 Å². The lowest BCUT2D eigenvalue weighted by molar-refractivity contribution is -0.242. The lowest BCUT2D eigenvalue weighted by Crippen LogP contribution is -2.51. The average molecular weight is 742 g/mol. The number of anilines is 1. The SMILES string of the molecule is C[C@@H]1[C@@H](C)CCC[C@@H]([C@H]2OC[C@H](N3CCCC3)CO2)[C@@H]2CC[C@H]2CN2CCCCc3cc(Cl)ccc3CCOc3ccc(cc32)C(=O)NS1(=O)=O. The number of fused-ring (bicyclic) bond motifs is 3. The Bertz CT molecular complexity index is 1630. The number of likely N-dealkylation sites (tertiary alicyclic amines) is 1. The Balaban J connectivity index is 1.19. The minimum atomic E-state index is -3.90. The maximum Gasteiger partial charge on any atom is 0.264 e. The molecule has 0 unspecified atom stereocenters. The Morgan fingerprint density at radius 2 is 1.61 bits per heavy atom. The summed E-state index contributed by atoms with van der Waals surface area (Å²) in [5.74, 6) is 1.13. The van der Waals surface area contributed by atoms with E-state index in [4.69, 9.17) is 25.8 Å². The van der Waals surface area contributed by atoms with E-state index in [1.54, 1.807) is 13.0 Å². The summed E-state index contributed by atoms with van der Waals surface area (Å²) in [6, 6.07) is 11.8. The van der Waals surface area contributed by atoms with Crippen LogP contribution >= 0.6 is 11.6 Å². The molecule has 2 bridgehead atoms. The molecule has 4 heterocycles. The molecule has 11 heteroatoms. The highest BCUT2D eigenvalue weighted by Gasteiger charge is 2.44. The molecule has 2 aromatic carbocycles. The Morgan fingerprint density at radius 1 is 0.824 bits per heavy atom. The number of sulfonamides is 1. The summed E-state index contributed by atoms with van der Waals surface area (Å²) in [6.07, 6.45) is 10.7. The zero-order valence-corrected chi connectivity index (χ0v) is 31.9. The van der Waals surface area contributed by atoms with Crippen molar-refractivity contribution in [2.75, 3.05) is 50.9 Å². The van der Waals surface area contributed by atoms with Crippen molar-refractivity contribution in [3.05, 3.63) is 58.1 Å². The zero-order chi connectivity index (χ0) is 35.5. The summed E-state index contributed by atoms with van der Waals surface area (Å²) in [6.45, 7) is 9.47. The predicted molar refractivity (Wildman–Crippen MR) is 201 cm³/mol. The molecule has 5 aliphatic rings. The van der Waals surface area contributed by atoms with E-state index in [0.29, 0.717) is 49.0 Å². The van der Waals surface area contributed by atoms with Crippen LogP contribution in [-0.2, 0) is 32.3 Å². The third kappa shape index (κ3) is 8.56. The summed E-state index contributed by atoms with van der Waals surface area (Å²) in [7, 11) is -3.90. The highest BCUT2D eigenvalue weighted by Crippen LogP contribution is 2.46. The molecule has 1 N–H and O–H groups in total. The van der Waals surface area contributed by atoms with Crippen LogP contribution in [-0.4, -0.2) is 82.8 Å². The largest absolute Gasteiger partial charge is 0.491 e. The summed E-state index contributed by atoms with van der Waals surface area (Å²) < 4.78 is 49.1. The summed E-state index contributed by atoms with van der Waals surface area (Å²) in [5.41, 5.74) is 3.69. The second-order valence-corrected chi connectivity index (χ2v) is 18.3. The van der Waals surface area contributed by atoms with Gasteiger partial charge in [-0.15, -0.1) is 0 Å². The molecular weight excluding hydrogens is 686 g/mol. The molecule has 4 aliphatic heterocycles. The third-order valence-corrected chi connectivity index (χ3v) is 14.7. The van der Waals surface area contributed by atoms with Gasteiger partial charge in [-0.05, 0) is 137 Å². The molecule has 1 amide bonds. The minimum Gasteiger partial charge on any atom is -0.491 e. The molecule has 9 nitrogen and oxygen atoms in total. The van der Waals surface area contributed by atoms with Gasteiger partial charge in [0.05, 0.1) is 36.8 Å². The molecule has 0 spiro atoms. The number of hydrogen-bond acceptors (Lipinski definition) is 8. The summed E-state index contributed by atoms with van der Waals surface area (Å²) in [5, 5.41) is 0.0441. The highest BCUT2D eigenvalue weighted by atomic mass is 35.5. The lowest BCUT2D eigenvalue weighted by atomic mass is 9.65. The first-order valence-corrected chi connectivity index (χ1v) is 21.4. The first-order valence-electron chi connectivity index (χ1n) is 19.5. The van der Waals surface area contributed by atoms with Crippen LogP contribution in [0.3, 0.4) is 0 Å². The van der Waals surface area contributed by atoms with Gasteiger partial charge in [-0.2, -0.15) is 0 Å². The van der Waals surface area contributed by atoms with Gasteiger partial charge in [0.15, 0.2) is 6.29 Å². The lowest BCUT2D eigenvalue weighted by Gasteiger charge is -2.48. The van der Waals surface area contributed by atoms with E-state index in [-0.39, 0.29) is 18.1 Å². The van der Waals surface area contributed by atoms with E-state index >= 15 is 0 Å². The second-order valence-electron chi connectivity index (χ2n) is 15.8. The number of halogens is 1. The number of carbonyl (C=O) groups excluding carboxylic acids is 1. The van der Waals surface area contributed by atoms with Crippen LogP contribution in [0.5, 0.6) is 5.75 Å². The van der Waals surface area contributed by atoms with E-state index < -0.39 is 21.2 Å². The van der Waals surface area contributed by atoms with Gasteiger partial charge in [0.1, 0.15) is 5.75 Å². The van der Waals surface area contributed by atoms with E-state index in [2.05, 4.69) is 26.7 Å². The van der Waals surface area contributed by atoms with E-state index in [9.17, 15) is 13.2 Å². The van der Waals surface area contributed by atoms with Crippen LogP contribution in [0.15, 0.2) is 36.4 Å². The van der Waals surface area contributed by atoms with Gasteiger partial charge in [-0.3, -0.25) is 9.69 Å². The fraction of sp³-hybridized carbons (Fsp3) is 0.675. The van der Waals surface area contributed by atoms with Crippen molar-refractivity contribution >= 4 is 33.2 Å². The maximum absolute atomic E-state index is 13.6. The third-order valence-electron chi connectivity index (χ3n) is 12.6. The smallest absolute Gasteiger partial charge is 0.264 e. The molecular formula is C40H56ClN3O6S. The van der Waals surface area contributed by atoms with Crippen LogP contribution < -0.4 is 14.4 Å². The fourth-order valence-electron chi connectivity index (χ4n) is 9.09. The topological polar surface area (TPSA) is 97.4 Å². The van der Waals surface area contributed by atoms with Gasteiger partial charge >= 0.3 is 0 Å². The standard InChI is InChI=1S/C40H56ClN3O6S/c1-27-8-7-10-36(40-49-25-34(26-50-40)43-18-5-6-19-43)35-15-12-32(35)24-44-20-4-3-9-30-22-33(41)14-11-29(30)17-21-48-38-16-13-31(23-37(38)44)39(45)42-51(46,47)28(27)2/h11,13-14,16,22-23,27-28,32,34-36,40H,3-10,12,15,17-21,24-26H2,1-2H3,(H,42,45)/t27-,28+,32-,34-,35+,36+,40-/m0/s1. The van der Waals surface area contributed by atoms with Crippen LogP contribution in [0, 0.1) is 23.7 Å². The zero-order valence-electron chi connectivity index (χ0n) is 30.4. The number of aryl methyl sites for hydroxylation is 1. The second kappa shape index (κ2) is 16.3. The number of benzene rings is 2. The van der Waals surface area contributed by atoms with E-state index in [0.717, 1.165) is 94.7 Å². The fourth-order valence-corrected chi connectivity index (χ4v) is 10.6. The molecule has 5 atom stereocenters. The molecule has 51 heavy (non-hydrogen) atoms. The first kappa shape index (κ1) is 37.0. The summed E-state index contributed by atoms with van der Waals surface area (Å²) in [4.78, 5) is 18.5. The van der Waals surface area contributed by atoms with Crippen molar-refractivity contribution in [1.82, 2.24) is 9.62 Å². The van der Waals surface area contributed by atoms with Gasteiger partial charge in [0, 0.05) is 36.0 Å². The molecule has 2 saturated heterocycles. The van der Waals surface area contributed by atoms with Crippen LogP contribution in [0.4, 0.5) is 5.69 Å². The van der Waals surface area contributed by atoms with Gasteiger partial charge in [-0.25, -0.2) is 13.1 Å². The number of nitrogens with one attached hydrogen (secondary N) is 1. The van der Waals surface area contributed by atoms with Crippen molar-refractivity contribution in [2.45, 2.75) is 102 Å². The van der Waals surface area contributed by atoms with Crippen molar-refractivity contribution in [2.24, 2.45) is 23.7 Å². The van der Waals surface area contributed by atoms with Crippen molar-refractivity contribution < 1.29 is 27.4 Å². The average Bonchev–Trinajstić information content (AvgIpc) is 3.65. The molecule has 3 fully saturated rings. The molecule has 7 rings (SSSR count). The molecule has 0 aromatic heterocycles. The number of rotatable bonds is 2. The Morgan fingerprint density at radius 3 is 2.37 bits per heavy atom. The minimum absolute atomic E-state index is 0.115. The van der Waals surface area contributed by atoms with Gasteiger partial charge < -0.3 is 19.1 Å². The Hall–Kier alpha value is -2.37. The van der Waals surface area contributed by atoms with E-state index in [1.807, 2.05) is 25.1 Å². The number of amides is 1. The Kier molecular flexibility index (Phi) is 11.8. The normalized spacial score (nSPS) is 32.6. The quantitative estimate of drug-likeness (QED) is 0.357. The number of carbonyl (C=O) groups is 1. The van der Waals surface area contributed by atoms with Crippen LogP contribution in [0.1, 0.15) is 93.1 Å². The molecule has 1 aliphatic carbocycles. The Labute approximate surface area is 309 Å². The number of ether oxygens (including phenoxy) is 3. The first-order chi connectivity index (χ1) is 24.7. The predicted octanol–water partition coefficient (Wildman–Crippen LogP) is 6.85. The van der Waals surface area contributed by atoms with E-state index in [1.165, 1.54) is 24.0 Å². The van der Waals surface area contributed by atoms with Gasteiger partial charge in [0.2, 0.25) is 10.0 Å². The maximum atomic E-state index is 13.6. The van der Waals surface area contributed by atoms with Crippen LogP contribution in [0.2, 0.25) is 5.02 Å². The van der Waals surface area contributed by atoms with Gasteiger partial charge in [0.25, 0.3) is 5.91 Å². The number of nitrogens with zero attached hydrogens (tertiary/aromatic N) is 2. The van der Waals surface area contributed by atoms with Crippen molar-refractivity contribution in [3.8, 4) is 5.75 Å². The molecule has 280 valence electrons. The van der Waals surface area contributed by atoms with Gasteiger partial charge in [-0.1, -0.05) is 31.0 Å². The monoisotopic (exact) mass is 741 g/mol. The highest BCUT2D eigenvalue weighted by molar-refractivity contribution is 7.90. The molecule has 2 aromatic rings.